The van der Waals surface area contributed by atoms with Crippen LogP contribution >= 0.6 is 0 Å². The smallest absolute Gasteiger partial charge is 0.399 e. The molecule has 262 valence electrons. The van der Waals surface area contributed by atoms with E-state index in [9.17, 15) is 0 Å². The number of hydrogen-bond donors (Lipinski definition) is 0. The number of benzene rings is 5. The zero-order chi connectivity index (χ0) is 36.4. The Labute approximate surface area is 314 Å². The summed E-state index contributed by atoms with van der Waals surface area (Å²) in [5.74, 6) is 1.14. The SMILES string of the molecule is CC1(c2ccccc2)c2ccccc2-c2c1ccc(-c1cccc(-c3cc(C4CC=CCC4)nc(-c4ccccc4)n3)c1)c2B1OC(C)(C)C(C)(C)O1. The van der Waals surface area contributed by atoms with Crippen LogP contribution in [0, 0.1) is 0 Å². The first-order chi connectivity index (χ1) is 25.6. The standard InChI is InChI=1S/C48H45BN2O2/c1-46(2)47(3,4)53-49(52-46)44-37(28-29-40-43(44)38-26-15-16-27-39(38)48(40,5)36-24-13-8-14-25-36)34-22-17-23-35(30-34)42-31-41(32-18-9-6-10-19-32)50-45(51-42)33-20-11-7-12-21-33/h6-9,11-17,20-32H,10,18-19H2,1-5H3. The number of allylic oxidation sites excluding steroid dienone is 2. The molecular formula is C48H45BN2O2. The van der Waals surface area contributed by atoms with Crippen LogP contribution in [0.15, 0.2) is 140 Å². The van der Waals surface area contributed by atoms with Crippen molar-refractivity contribution in [3.05, 3.63) is 162 Å². The minimum Gasteiger partial charge on any atom is -0.399 e. The predicted octanol–water partition coefficient (Wildman–Crippen LogP) is 10.9. The fraction of sp³-hybridized carbons (Fsp3) is 0.250. The summed E-state index contributed by atoms with van der Waals surface area (Å²) >= 11 is 0. The van der Waals surface area contributed by atoms with Gasteiger partial charge in [0.25, 0.3) is 0 Å². The minimum atomic E-state index is -0.561. The van der Waals surface area contributed by atoms with E-state index in [0.29, 0.717) is 5.92 Å². The average Bonchev–Trinajstić information content (AvgIpc) is 3.59. The molecule has 2 unspecified atom stereocenters. The van der Waals surface area contributed by atoms with Gasteiger partial charge in [-0.2, -0.15) is 0 Å². The second-order valence-corrected chi connectivity index (χ2v) is 16.0. The van der Waals surface area contributed by atoms with E-state index in [1.54, 1.807) is 0 Å². The molecule has 0 saturated carbocycles. The molecule has 1 aliphatic heterocycles. The van der Waals surface area contributed by atoms with Gasteiger partial charge in [-0.15, -0.1) is 0 Å². The highest BCUT2D eigenvalue weighted by Crippen LogP contribution is 2.53. The third-order valence-corrected chi connectivity index (χ3v) is 12.3. The summed E-state index contributed by atoms with van der Waals surface area (Å²) < 4.78 is 13.9. The summed E-state index contributed by atoms with van der Waals surface area (Å²) in [4.78, 5) is 10.4. The Morgan fingerprint density at radius 1 is 0.604 bits per heavy atom. The van der Waals surface area contributed by atoms with Crippen LogP contribution in [0.1, 0.15) is 82.2 Å². The summed E-state index contributed by atoms with van der Waals surface area (Å²) in [6.07, 6.45) is 7.75. The molecule has 5 aromatic carbocycles. The lowest BCUT2D eigenvalue weighted by Crippen LogP contribution is -2.41. The number of fused-ring (bicyclic) bond motifs is 3. The number of hydrogen-bond acceptors (Lipinski definition) is 4. The van der Waals surface area contributed by atoms with Gasteiger partial charge >= 0.3 is 7.12 Å². The van der Waals surface area contributed by atoms with Gasteiger partial charge in [0.15, 0.2) is 5.82 Å². The van der Waals surface area contributed by atoms with Crippen LogP contribution < -0.4 is 5.46 Å². The van der Waals surface area contributed by atoms with Gasteiger partial charge in [0, 0.05) is 28.2 Å². The van der Waals surface area contributed by atoms with E-state index in [1.165, 1.54) is 27.8 Å². The second kappa shape index (κ2) is 12.8. The Hall–Kier alpha value is -5.10. The van der Waals surface area contributed by atoms with E-state index in [2.05, 4.69) is 168 Å². The molecule has 3 aliphatic rings. The van der Waals surface area contributed by atoms with E-state index in [4.69, 9.17) is 19.3 Å². The largest absolute Gasteiger partial charge is 0.496 e. The summed E-state index contributed by atoms with van der Waals surface area (Å²) in [6.45, 7) is 10.9. The van der Waals surface area contributed by atoms with Crippen molar-refractivity contribution >= 4 is 12.6 Å². The molecule has 0 bridgehead atoms. The van der Waals surface area contributed by atoms with Gasteiger partial charge in [0.05, 0.1) is 16.9 Å². The van der Waals surface area contributed by atoms with Crippen LogP contribution in [0.3, 0.4) is 0 Å². The van der Waals surface area contributed by atoms with E-state index >= 15 is 0 Å². The van der Waals surface area contributed by atoms with Crippen LogP contribution in [0.4, 0.5) is 0 Å². The van der Waals surface area contributed by atoms with Gasteiger partial charge in [-0.25, -0.2) is 9.97 Å². The molecular weight excluding hydrogens is 647 g/mol. The zero-order valence-electron chi connectivity index (χ0n) is 31.3. The molecule has 0 amide bonds. The maximum atomic E-state index is 6.94. The van der Waals surface area contributed by atoms with Crippen LogP contribution in [-0.2, 0) is 14.7 Å². The van der Waals surface area contributed by atoms with Gasteiger partial charge < -0.3 is 9.31 Å². The molecule has 1 fully saturated rings. The normalized spacial score (nSPS) is 21.0. The number of rotatable bonds is 6. The highest BCUT2D eigenvalue weighted by Gasteiger charge is 2.54. The van der Waals surface area contributed by atoms with Crippen LogP contribution in [0.2, 0.25) is 0 Å². The topological polar surface area (TPSA) is 44.2 Å². The van der Waals surface area contributed by atoms with Gasteiger partial charge in [-0.05, 0) is 110 Å². The fourth-order valence-electron chi connectivity index (χ4n) is 8.60. The lowest BCUT2D eigenvalue weighted by Gasteiger charge is -2.32. The zero-order valence-corrected chi connectivity index (χ0v) is 31.3. The molecule has 2 aliphatic carbocycles. The molecule has 53 heavy (non-hydrogen) atoms. The van der Waals surface area contributed by atoms with Gasteiger partial charge in [-0.3, -0.25) is 0 Å². The Bertz CT molecular complexity index is 2350. The molecule has 6 aromatic rings. The van der Waals surface area contributed by atoms with Crippen molar-refractivity contribution in [3.8, 4) is 44.9 Å². The maximum Gasteiger partial charge on any atom is 0.496 e. The third kappa shape index (κ3) is 5.60. The Morgan fingerprint density at radius 2 is 1.28 bits per heavy atom. The molecule has 0 N–H and O–H groups in total. The van der Waals surface area contributed by atoms with Crippen LogP contribution in [0.25, 0.3) is 44.9 Å². The molecule has 0 radical (unpaired) electrons. The molecule has 4 nitrogen and oxygen atoms in total. The Morgan fingerprint density at radius 3 is 2.02 bits per heavy atom. The lowest BCUT2D eigenvalue weighted by molar-refractivity contribution is 0.00578. The van der Waals surface area contributed by atoms with Crippen molar-refractivity contribution < 1.29 is 9.31 Å². The summed E-state index contributed by atoms with van der Waals surface area (Å²) in [5, 5.41) is 0. The monoisotopic (exact) mass is 692 g/mol. The summed E-state index contributed by atoms with van der Waals surface area (Å²) in [7, 11) is -0.561. The van der Waals surface area contributed by atoms with Crippen molar-refractivity contribution in [2.45, 2.75) is 76.4 Å². The van der Waals surface area contributed by atoms with Crippen molar-refractivity contribution in [1.29, 1.82) is 0 Å². The van der Waals surface area contributed by atoms with Gasteiger partial charge in [0.2, 0.25) is 0 Å². The van der Waals surface area contributed by atoms with Gasteiger partial charge in [0.1, 0.15) is 0 Å². The first-order valence-corrected chi connectivity index (χ1v) is 19.0. The second-order valence-electron chi connectivity index (χ2n) is 16.0. The van der Waals surface area contributed by atoms with Crippen LogP contribution in [-0.4, -0.2) is 28.3 Å². The maximum absolute atomic E-state index is 6.94. The molecule has 1 saturated heterocycles. The fourth-order valence-corrected chi connectivity index (χ4v) is 8.60. The van der Waals surface area contributed by atoms with Crippen molar-refractivity contribution in [2.75, 3.05) is 0 Å². The molecule has 1 aromatic heterocycles. The van der Waals surface area contributed by atoms with E-state index < -0.39 is 18.3 Å². The van der Waals surface area contributed by atoms with Crippen molar-refractivity contribution in [1.82, 2.24) is 9.97 Å². The number of nitrogens with zero attached hydrogens (tertiary/aromatic N) is 2. The Kier molecular flexibility index (Phi) is 8.14. The van der Waals surface area contributed by atoms with Crippen LogP contribution in [0.5, 0.6) is 0 Å². The first-order valence-electron chi connectivity index (χ1n) is 19.0. The highest BCUT2D eigenvalue weighted by atomic mass is 16.7. The van der Waals surface area contributed by atoms with Crippen molar-refractivity contribution in [2.24, 2.45) is 0 Å². The third-order valence-electron chi connectivity index (χ3n) is 12.3. The first kappa shape index (κ1) is 33.7. The lowest BCUT2D eigenvalue weighted by atomic mass is 9.68. The minimum absolute atomic E-state index is 0.342. The summed E-state index contributed by atoms with van der Waals surface area (Å²) in [6, 6.07) is 45.8. The predicted molar refractivity (Wildman–Crippen MR) is 217 cm³/mol. The quantitative estimate of drug-likeness (QED) is 0.129. The molecule has 2 atom stereocenters. The molecule has 5 heteroatoms. The van der Waals surface area contributed by atoms with E-state index in [1.807, 2.05) is 6.07 Å². The average molecular weight is 693 g/mol. The molecule has 2 heterocycles. The molecule has 0 spiro atoms. The Balaban J connectivity index is 1.25. The van der Waals surface area contributed by atoms with Crippen molar-refractivity contribution in [3.63, 3.8) is 0 Å². The molecule has 9 rings (SSSR count). The number of aromatic nitrogens is 2. The van der Waals surface area contributed by atoms with Gasteiger partial charge in [-0.1, -0.05) is 127 Å². The van der Waals surface area contributed by atoms with E-state index in [-0.39, 0.29) is 5.41 Å². The summed E-state index contributed by atoms with van der Waals surface area (Å²) in [5.41, 5.74) is 12.3. The van der Waals surface area contributed by atoms with E-state index in [0.717, 1.165) is 64.2 Å². The highest BCUT2D eigenvalue weighted by molar-refractivity contribution is 6.66.